The number of rotatable bonds is 3. The fourth-order valence-corrected chi connectivity index (χ4v) is 2.15. The van der Waals surface area contributed by atoms with Gasteiger partial charge in [-0.25, -0.2) is 0 Å². The van der Waals surface area contributed by atoms with Crippen LogP contribution in [0.5, 0.6) is 0 Å². The molecule has 1 rings (SSSR count). The van der Waals surface area contributed by atoms with Gasteiger partial charge in [0.1, 0.15) is 0 Å². The first-order chi connectivity index (χ1) is 5.70. The van der Waals surface area contributed by atoms with Gasteiger partial charge in [-0.2, -0.15) is 0 Å². The van der Waals surface area contributed by atoms with Crippen molar-refractivity contribution < 1.29 is 5.11 Å². The van der Waals surface area contributed by atoms with Crippen LogP contribution in [0.25, 0.3) is 0 Å². The maximum absolute atomic E-state index is 9.17. The second-order valence-corrected chi connectivity index (χ2v) is 4.15. The smallest absolute Gasteiger partial charge is 0.0527 e. The third-order valence-corrected chi connectivity index (χ3v) is 2.87. The molecule has 1 fully saturated rings. The fourth-order valence-electron chi connectivity index (χ4n) is 2.15. The summed E-state index contributed by atoms with van der Waals surface area (Å²) < 4.78 is 0. The Kier molecular flexibility index (Phi) is 4.02. The van der Waals surface area contributed by atoms with Gasteiger partial charge in [0, 0.05) is 6.04 Å². The van der Waals surface area contributed by atoms with Gasteiger partial charge in [0.05, 0.1) is 6.10 Å². The molecule has 2 atom stereocenters. The topological polar surface area (TPSA) is 46.2 Å². The first-order valence-corrected chi connectivity index (χ1v) is 5.14. The SMILES string of the molecule is C[C@H](O)C[C@@H](N)C1CCCCC1. The van der Waals surface area contributed by atoms with Crippen LogP contribution in [0.1, 0.15) is 45.4 Å². The molecule has 0 aromatic rings. The Balaban J connectivity index is 2.24. The molecule has 0 aromatic carbocycles. The zero-order valence-corrected chi connectivity index (χ0v) is 8.00. The maximum atomic E-state index is 9.17. The van der Waals surface area contributed by atoms with Crippen LogP contribution in [-0.2, 0) is 0 Å². The van der Waals surface area contributed by atoms with E-state index in [0.717, 1.165) is 6.42 Å². The van der Waals surface area contributed by atoms with Crippen molar-refractivity contribution in [2.75, 3.05) is 0 Å². The molecular weight excluding hydrogens is 150 g/mol. The molecule has 0 aromatic heterocycles. The van der Waals surface area contributed by atoms with Gasteiger partial charge in [-0.05, 0) is 32.1 Å². The van der Waals surface area contributed by atoms with Gasteiger partial charge in [0.2, 0.25) is 0 Å². The summed E-state index contributed by atoms with van der Waals surface area (Å²) in [6, 6.07) is 0.227. The third kappa shape index (κ3) is 3.11. The Bertz CT molecular complexity index is 119. The molecule has 0 unspecified atom stereocenters. The normalized spacial score (nSPS) is 25.2. The molecule has 1 aliphatic rings. The van der Waals surface area contributed by atoms with E-state index < -0.39 is 0 Å². The Labute approximate surface area is 75.2 Å². The lowest BCUT2D eigenvalue weighted by Crippen LogP contribution is -2.34. The lowest BCUT2D eigenvalue weighted by Gasteiger charge is -2.28. The minimum Gasteiger partial charge on any atom is -0.393 e. The molecule has 0 amide bonds. The summed E-state index contributed by atoms with van der Waals surface area (Å²) in [6.45, 7) is 1.82. The number of hydrogen-bond acceptors (Lipinski definition) is 2. The van der Waals surface area contributed by atoms with E-state index in [4.69, 9.17) is 5.73 Å². The molecule has 2 heteroatoms. The van der Waals surface area contributed by atoms with Crippen molar-refractivity contribution in [2.45, 2.75) is 57.6 Å². The predicted octanol–water partition coefficient (Wildman–Crippen LogP) is 1.66. The summed E-state index contributed by atoms with van der Waals surface area (Å²) in [5.41, 5.74) is 5.99. The van der Waals surface area contributed by atoms with Crippen molar-refractivity contribution in [3.05, 3.63) is 0 Å². The Morgan fingerprint density at radius 3 is 2.42 bits per heavy atom. The lowest BCUT2D eigenvalue weighted by atomic mass is 9.82. The minimum atomic E-state index is -0.234. The standard InChI is InChI=1S/C10H21NO/c1-8(12)7-10(11)9-5-3-2-4-6-9/h8-10,12H,2-7,11H2,1H3/t8-,10+/m0/s1. The van der Waals surface area contributed by atoms with Crippen LogP contribution in [0, 0.1) is 5.92 Å². The zero-order chi connectivity index (χ0) is 8.97. The van der Waals surface area contributed by atoms with Crippen molar-refractivity contribution >= 4 is 0 Å². The maximum Gasteiger partial charge on any atom is 0.0527 e. The van der Waals surface area contributed by atoms with Crippen molar-refractivity contribution in [3.63, 3.8) is 0 Å². The van der Waals surface area contributed by atoms with Gasteiger partial charge in [0.15, 0.2) is 0 Å². The molecule has 3 N–H and O–H groups in total. The highest BCUT2D eigenvalue weighted by Crippen LogP contribution is 2.27. The third-order valence-electron chi connectivity index (χ3n) is 2.87. The van der Waals surface area contributed by atoms with E-state index in [1.807, 2.05) is 6.92 Å². The molecule has 2 nitrogen and oxygen atoms in total. The van der Waals surface area contributed by atoms with Crippen LogP contribution < -0.4 is 5.73 Å². The largest absolute Gasteiger partial charge is 0.393 e. The molecule has 0 aliphatic heterocycles. The average molecular weight is 171 g/mol. The first kappa shape index (κ1) is 10.0. The molecule has 12 heavy (non-hydrogen) atoms. The van der Waals surface area contributed by atoms with Crippen LogP contribution in [0.3, 0.4) is 0 Å². The van der Waals surface area contributed by atoms with E-state index in [0.29, 0.717) is 5.92 Å². The van der Waals surface area contributed by atoms with E-state index in [-0.39, 0.29) is 12.1 Å². The average Bonchev–Trinajstić information content (AvgIpc) is 2.05. The monoisotopic (exact) mass is 171 g/mol. The van der Waals surface area contributed by atoms with Crippen LogP contribution in [0.4, 0.5) is 0 Å². The highest BCUT2D eigenvalue weighted by atomic mass is 16.3. The summed E-state index contributed by atoms with van der Waals surface area (Å²) in [6.07, 6.45) is 7.11. The summed E-state index contributed by atoms with van der Waals surface area (Å²) in [5.74, 6) is 0.674. The number of hydrogen-bond donors (Lipinski definition) is 2. The zero-order valence-electron chi connectivity index (χ0n) is 8.00. The number of aliphatic hydroxyl groups is 1. The van der Waals surface area contributed by atoms with Crippen molar-refractivity contribution in [2.24, 2.45) is 11.7 Å². The summed E-state index contributed by atoms with van der Waals surface area (Å²) >= 11 is 0. The molecule has 1 aliphatic carbocycles. The van der Waals surface area contributed by atoms with Crippen molar-refractivity contribution in [1.82, 2.24) is 0 Å². The van der Waals surface area contributed by atoms with Gasteiger partial charge >= 0.3 is 0 Å². The van der Waals surface area contributed by atoms with Gasteiger partial charge in [-0.1, -0.05) is 19.3 Å². The highest BCUT2D eigenvalue weighted by Gasteiger charge is 2.21. The molecule has 0 spiro atoms. The lowest BCUT2D eigenvalue weighted by molar-refractivity contribution is 0.154. The molecule has 0 heterocycles. The van der Waals surface area contributed by atoms with E-state index in [9.17, 15) is 5.11 Å². The van der Waals surface area contributed by atoms with E-state index >= 15 is 0 Å². The molecule has 0 bridgehead atoms. The number of nitrogens with two attached hydrogens (primary N) is 1. The van der Waals surface area contributed by atoms with Gasteiger partial charge in [-0.15, -0.1) is 0 Å². The van der Waals surface area contributed by atoms with Crippen LogP contribution in [-0.4, -0.2) is 17.3 Å². The van der Waals surface area contributed by atoms with E-state index in [1.54, 1.807) is 0 Å². The van der Waals surface area contributed by atoms with E-state index in [2.05, 4.69) is 0 Å². The molecule has 1 saturated carbocycles. The van der Waals surface area contributed by atoms with Crippen molar-refractivity contribution in [3.8, 4) is 0 Å². The number of aliphatic hydroxyl groups excluding tert-OH is 1. The molecule has 0 radical (unpaired) electrons. The van der Waals surface area contributed by atoms with Crippen LogP contribution in [0.15, 0.2) is 0 Å². The predicted molar refractivity (Wildman–Crippen MR) is 50.8 cm³/mol. The van der Waals surface area contributed by atoms with Gasteiger partial charge in [0.25, 0.3) is 0 Å². The summed E-state index contributed by atoms with van der Waals surface area (Å²) in [4.78, 5) is 0. The molecule has 0 saturated heterocycles. The Morgan fingerprint density at radius 2 is 1.92 bits per heavy atom. The second-order valence-electron chi connectivity index (χ2n) is 4.15. The van der Waals surface area contributed by atoms with E-state index in [1.165, 1.54) is 32.1 Å². The second kappa shape index (κ2) is 4.83. The minimum absolute atomic E-state index is 0.227. The molecule has 72 valence electrons. The van der Waals surface area contributed by atoms with Gasteiger partial charge < -0.3 is 10.8 Å². The fraction of sp³-hybridized carbons (Fsp3) is 1.00. The van der Waals surface area contributed by atoms with Gasteiger partial charge in [-0.3, -0.25) is 0 Å². The Morgan fingerprint density at radius 1 is 1.33 bits per heavy atom. The summed E-state index contributed by atoms with van der Waals surface area (Å²) in [5, 5.41) is 9.17. The summed E-state index contributed by atoms with van der Waals surface area (Å²) in [7, 11) is 0. The first-order valence-electron chi connectivity index (χ1n) is 5.14. The van der Waals surface area contributed by atoms with Crippen LogP contribution >= 0.6 is 0 Å². The van der Waals surface area contributed by atoms with Crippen LogP contribution in [0.2, 0.25) is 0 Å². The van der Waals surface area contributed by atoms with Crippen molar-refractivity contribution in [1.29, 1.82) is 0 Å². The molecular formula is C10H21NO. The quantitative estimate of drug-likeness (QED) is 0.678. The Hall–Kier alpha value is -0.0800. The highest BCUT2D eigenvalue weighted by molar-refractivity contribution is 4.77.